The first-order valence-corrected chi connectivity index (χ1v) is 4.36. The average molecular weight is 221 g/mol. The molecular formula is C7H15N3O5. The fourth-order valence-electron chi connectivity index (χ4n) is 1.34. The van der Waals surface area contributed by atoms with Gasteiger partial charge in [-0.05, 0) is 0 Å². The first-order chi connectivity index (χ1) is 6.97. The number of aliphatic hydroxyl groups excluding tert-OH is 4. The van der Waals surface area contributed by atoms with Crippen LogP contribution < -0.4 is 11.5 Å². The predicted octanol–water partition coefficient (Wildman–Crippen LogP) is -3.94. The van der Waals surface area contributed by atoms with Crippen LogP contribution in [-0.4, -0.2) is 63.6 Å². The molecule has 0 radical (unpaired) electrons. The molecule has 1 fully saturated rings. The molecule has 1 heterocycles. The van der Waals surface area contributed by atoms with Crippen molar-refractivity contribution >= 4 is 5.96 Å². The zero-order valence-corrected chi connectivity index (χ0v) is 7.89. The number of aliphatic imine (C=N–C) groups is 1. The second kappa shape index (κ2) is 4.73. The summed E-state index contributed by atoms with van der Waals surface area (Å²) in [4.78, 5) is 3.52. The number of rotatable bonds is 2. The van der Waals surface area contributed by atoms with Gasteiger partial charge >= 0.3 is 0 Å². The summed E-state index contributed by atoms with van der Waals surface area (Å²) < 4.78 is 4.98. The van der Waals surface area contributed by atoms with E-state index in [-0.39, 0.29) is 5.96 Å². The van der Waals surface area contributed by atoms with Crippen LogP contribution in [0.5, 0.6) is 0 Å². The highest BCUT2D eigenvalue weighted by molar-refractivity contribution is 5.75. The van der Waals surface area contributed by atoms with Crippen molar-refractivity contribution in [3.8, 4) is 0 Å². The molecule has 1 aliphatic rings. The van der Waals surface area contributed by atoms with Crippen molar-refractivity contribution in [3.63, 3.8) is 0 Å². The van der Waals surface area contributed by atoms with Crippen molar-refractivity contribution < 1.29 is 25.2 Å². The van der Waals surface area contributed by atoms with Crippen LogP contribution in [0.4, 0.5) is 0 Å². The zero-order chi connectivity index (χ0) is 11.6. The third kappa shape index (κ3) is 2.55. The molecule has 8 heteroatoms. The minimum absolute atomic E-state index is 0.320. The molecule has 0 aromatic rings. The van der Waals surface area contributed by atoms with Crippen LogP contribution in [-0.2, 0) is 4.74 Å². The van der Waals surface area contributed by atoms with E-state index in [1.54, 1.807) is 0 Å². The van der Waals surface area contributed by atoms with Crippen molar-refractivity contribution in [3.05, 3.63) is 0 Å². The lowest BCUT2D eigenvalue weighted by Crippen LogP contribution is -2.58. The number of hydrogen-bond acceptors (Lipinski definition) is 6. The highest BCUT2D eigenvalue weighted by Gasteiger charge is 2.43. The van der Waals surface area contributed by atoms with E-state index in [0.717, 1.165) is 0 Å². The third-order valence-corrected chi connectivity index (χ3v) is 2.14. The topological polar surface area (TPSA) is 155 Å². The standard InChI is InChI=1S/C7H15N3O5/c8-7(9)10-6-5(14)4(13)3(12)2(1-11)15-6/h2-6,11-14H,1H2,(H4,8,9,10)/t2-,3-,4+,5-,6-/m1/s1. The summed E-state index contributed by atoms with van der Waals surface area (Å²) in [5, 5.41) is 37.0. The van der Waals surface area contributed by atoms with E-state index in [0.29, 0.717) is 0 Å². The maximum atomic E-state index is 9.44. The third-order valence-electron chi connectivity index (χ3n) is 2.14. The number of aliphatic hydroxyl groups is 4. The Morgan fingerprint density at radius 1 is 1.13 bits per heavy atom. The summed E-state index contributed by atoms with van der Waals surface area (Å²) in [5.41, 5.74) is 10.2. The van der Waals surface area contributed by atoms with E-state index < -0.39 is 37.3 Å². The van der Waals surface area contributed by atoms with Gasteiger partial charge in [-0.3, -0.25) is 0 Å². The number of guanidine groups is 1. The molecule has 8 N–H and O–H groups in total. The molecule has 0 spiro atoms. The predicted molar refractivity (Wildman–Crippen MR) is 49.6 cm³/mol. The van der Waals surface area contributed by atoms with E-state index >= 15 is 0 Å². The lowest BCUT2D eigenvalue weighted by molar-refractivity contribution is -0.226. The van der Waals surface area contributed by atoms with Gasteiger partial charge in [0.1, 0.15) is 24.4 Å². The molecule has 1 saturated heterocycles. The molecule has 8 nitrogen and oxygen atoms in total. The highest BCUT2D eigenvalue weighted by Crippen LogP contribution is 2.21. The Morgan fingerprint density at radius 3 is 2.20 bits per heavy atom. The summed E-state index contributed by atoms with van der Waals surface area (Å²) >= 11 is 0. The van der Waals surface area contributed by atoms with Crippen LogP contribution >= 0.6 is 0 Å². The number of hydrogen-bond donors (Lipinski definition) is 6. The summed E-state index contributed by atoms with van der Waals surface area (Å²) in [6.45, 7) is -0.512. The fraction of sp³-hybridized carbons (Fsp3) is 0.857. The van der Waals surface area contributed by atoms with E-state index in [4.69, 9.17) is 21.3 Å². The van der Waals surface area contributed by atoms with E-state index in [1.165, 1.54) is 0 Å². The van der Waals surface area contributed by atoms with Crippen molar-refractivity contribution in [2.24, 2.45) is 16.5 Å². The Hall–Kier alpha value is -0.930. The molecular weight excluding hydrogens is 206 g/mol. The maximum absolute atomic E-state index is 9.44. The fourth-order valence-corrected chi connectivity index (χ4v) is 1.34. The van der Waals surface area contributed by atoms with Crippen molar-refractivity contribution in [2.45, 2.75) is 30.6 Å². The molecule has 0 unspecified atom stereocenters. The van der Waals surface area contributed by atoms with Crippen LogP contribution in [0.2, 0.25) is 0 Å². The summed E-state index contributed by atoms with van der Waals surface area (Å²) in [5.74, 6) is -0.320. The Balaban J connectivity index is 2.78. The number of nitrogens with two attached hydrogens (primary N) is 2. The minimum Gasteiger partial charge on any atom is -0.394 e. The van der Waals surface area contributed by atoms with Crippen LogP contribution in [0.3, 0.4) is 0 Å². The van der Waals surface area contributed by atoms with E-state index in [2.05, 4.69) is 4.99 Å². The summed E-state index contributed by atoms with van der Waals surface area (Å²) in [7, 11) is 0. The van der Waals surface area contributed by atoms with Gasteiger partial charge < -0.3 is 36.6 Å². The van der Waals surface area contributed by atoms with Crippen LogP contribution in [0.15, 0.2) is 4.99 Å². The number of nitrogens with zero attached hydrogens (tertiary/aromatic N) is 1. The van der Waals surface area contributed by atoms with Gasteiger partial charge in [-0.2, -0.15) is 0 Å². The molecule has 1 aliphatic heterocycles. The Bertz CT molecular complexity index is 243. The SMILES string of the molecule is NC(N)=N[C@@H]1O[C@H](CO)[C@@H](O)[C@H](O)[C@H]1O. The lowest BCUT2D eigenvalue weighted by atomic mass is 9.99. The van der Waals surface area contributed by atoms with Gasteiger partial charge in [-0.25, -0.2) is 4.99 Å². The van der Waals surface area contributed by atoms with Crippen LogP contribution in [0.25, 0.3) is 0 Å². The molecule has 0 bridgehead atoms. The molecule has 1 rings (SSSR count). The van der Waals surface area contributed by atoms with Gasteiger partial charge in [0.05, 0.1) is 6.61 Å². The second-order valence-corrected chi connectivity index (χ2v) is 3.27. The van der Waals surface area contributed by atoms with Gasteiger partial charge in [-0.15, -0.1) is 0 Å². The molecule has 0 saturated carbocycles. The van der Waals surface area contributed by atoms with Gasteiger partial charge in [0.15, 0.2) is 12.2 Å². The van der Waals surface area contributed by atoms with Gasteiger partial charge in [-0.1, -0.05) is 0 Å². The Morgan fingerprint density at radius 2 is 1.73 bits per heavy atom. The molecule has 0 aromatic heterocycles. The molecule has 0 aliphatic carbocycles. The van der Waals surface area contributed by atoms with Crippen molar-refractivity contribution in [1.29, 1.82) is 0 Å². The molecule has 88 valence electrons. The smallest absolute Gasteiger partial charge is 0.188 e. The first kappa shape index (κ1) is 12.1. The molecule has 0 aromatic carbocycles. The monoisotopic (exact) mass is 221 g/mol. The van der Waals surface area contributed by atoms with Gasteiger partial charge in [0, 0.05) is 0 Å². The molecule has 5 atom stereocenters. The molecule has 15 heavy (non-hydrogen) atoms. The van der Waals surface area contributed by atoms with E-state index in [1.807, 2.05) is 0 Å². The van der Waals surface area contributed by atoms with Gasteiger partial charge in [0.2, 0.25) is 0 Å². The minimum atomic E-state index is -1.47. The largest absolute Gasteiger partial charge is 0.394 e. The highest BCUT2D eigenvalue weighted by atomic mass is 16.6. The van der Waals surface area contributed by atoms with Crippen LogP contribution in [0.1, 0.15) is 0 Å². The van der Waals surface area contributed by atoms with Crippen LogP contribution in [0, 0.1) is 0 Å². The second-order valence-electron chi connectivity index (χ2n) is 3.27. The normalized spacial score (nSPS) is 41.2. The maximum Gasteiger partial charge on any atom is 0.188 e. The summed E-state index contributed by atoms with van der Waals surface area (Å²) in [6.07, 6.45) is -6.51. The Kier molecular flexibility index (Phi) is 3.83. The van der Waals surface area contributed by atoms with Crippen molar-refractivity contribution in [1.82, 2.24) is 0 Å². The molecule has 0 amide bonds. The number of ether oxygens (including phenoxy) is 1. The van der Waals surface area contributed by atoms with Gasteiger partial charge in [0.25, 0.3) is 0 Å². The average Bonchev–Trinajstić information content (AvgIpc) is 2.18. The first-order valence-electron chi connectivity index (χ1n) is 4.36. The summed E-state index contributed by atoms with van der Waals surface area (Å²) in [6, 6.07) is 0. The zero-order valence-electron chi connectivity index (χ0n) is 7.89. The lowest BCUT2D eigenvalue weighted by Gasteiger charge is -2.38. The van der Waals surface area contributed by atoms with Crippen molar-refractivity contribution in [2.75, 3.05) is 6.61 Å². The van der Waals surface area contributed by atoms with E-state index in [9.17, 15) is 15.3 Å². The Labute approximate surface area is 85.8 Å². The quantitative estimate of drug-likeness (QED) is 0.205.